The number of aryl methyl sites for hydroxylation is 1. The Balaban J connectivity index is 1.20. The van der Waals surface area contributed by atoms with Gasteiger partial charge in [0.2, 0.25) is 0 Å². The van der Waals surface area contributed by atoms with Crippen LogP contribution in [0.1, 0.15) is 24.0 Å². The minimum atomic E-state index is 0.763. The van der Waals surface area contributed by atoms with Crippen LogP contribution in [0, 0.1) is 0 Å². The maximum atomic E-state index is 4.62. The normalized spacial score (nSPS) is 10.8. The van der Waals surface area contributed by atoms with E-state index >= 15 is 0 Å². The third kappa shape index (κ3) is 5.95. The first kappa shape index (κ1) is 20.2. The molecule has 0 aliphatic heterocycles. The first-order valence-corrected chi connectivity index (χ1v) is 11.1. The van der Waals surface area contributed by atoms with Gasteiger partial charge in [0.05, 0.1) is 0 Å². The molecule has 0 fully saturated rings. The minimum Gasteiger partial charge on any atom is -0.325 e. The highest BCUT2D eigenvalue weighted by molar-refractivity contribution is 7.13. The fraction of sp³-hybridized carbons (Fsp3) is 0.208. The van der Waals surface area contributed by atoms with Gasteiger partial charge in [0, 0.05) is 24.3 Å². The molecule has 0 radical (unpaired) electrons. The van der Waals surface area contributed by atoms with Crippen LogP contribution < -0.4 is 10.6 Å². The van der Waals surface area contributed by atoms with Crippen LogP contribution >= 0.6 is 11.3 Å². The summed E-state index contributed by atoms with van der Waals surface area (Å²) >= 11 is 1.58. The highest BCUT2D eigenvalue weighted by atomic mass is 32.1. The van der Waals surface area contributed by atoms with E-state index in [1.807, 2.05) is 35.8 Å². The third-order valence-corrected chi connectivity index (χ3v) is 5.52. The Kier molecular flexibility index (Phi) is 7.15. The molecule has 4 rings (SSSR count). The zero-order valence-electron chi connectivity index (χ0n) is 16.8. The average molecular weight is 416 g/mol. The van der Waals surface area contributed by atoms with Crippen LogP contribution in [0.2, 0.25) is 0 Å². The number of unbranched alkanes of at least 4 members (excludes halogenated alkanes) is 1. The smallest absolute Gasteiger partial charge is 0.141 e. The Morgan fingerprint density at radius 1 is 0.800 bits per heavy atom. The van der Waals surface area contributed by atoms with Crippen molar-refractivity contribution in [3.8, 4) is 10.7 Å². The van der Waals surface area contributed by atoms with Gasteiger partial charge in [-0.05, 0) is 55.1 Å². The van der Waals surface area contributed by atoms with Crippen LogP contribution in [0.3, 0.4) is 0 Å². The van der Waals surface area contributed by atoms with E-state index < -0.39 is 0 Å². The van der Waals surface area contributed by atoms with Gasteiger partial charge in [-0.1, -0.05) is 42.5 Å². The summed E-state index contributed by atoms with van der Waals surface area (Å²) in [6.45, 7) is 1.84. The Hall–Kier alpha value is -3.09. The Morgan fingerprint density at radius 2 is 1.73 bits per heavy atom. The molecule has 1 aromatic carbocycles. The van der Waals surface area contributed by atoms with Crippen molar-refractivity contribution >= 4 is 23.0 Å². The molecule has 0 aliphatic rings. The molecule has 4 aromatic rings. The summed E-state index contributed by atoms with van der Waals surface area (Å²) in [6.07, 6.45) is 7.21. The second-order valence-corrected chi connectivity index (χ2v) is 7.94. The number of nitrogens with one attached hydrogen (secondary N) is 2. The molecule has 5 nitrogen and oxygen atoms in total. The predicted molar refractivity (Wildman–Crippen MR) is 124 cm³/mol. The molecule has 0 spiro atoms. The van der Waals surface area contributed by atoms with Crippen molar-refractivity contribution in [2.75, 3.05) is 11.9 Å². The van der Waals surface area contributed by atoms with Crippen LogP contribution in [-0.4, -0.2) is 21.5 Å². The van der Waals surface area contributed by atoms with E-state index in [0.29, 0.717) is 0 Å². The molecule has 152 valence electrons. The quantitative estimate of drug-likeness (QED) is 0.337. The van der Waals surface area contributed by atoms with E-state index in [-0.39, 0.29) is 0 Å². The minimum absolute atomic E-state index is 0.763. The van der Waals surface area contributed by atoms with Gasteiger partial charge in [-0.15, -0.1) is 11.3 Å². The number of hydrogen-bond acceptors (Lipinski definition) is 6. The van der Waals surface area contributed by atoms with Crippen molar-refractivity contribution in [3.05, 3.63) is 89.6 Å². The average Bonchev–Trinajstić information content (AvgIpc) is 3.33. The summed E-state index contributed by atoms with van der Waals surface area (Å²) < 4.78 is 0. The summed E-state index contributed by atoms with van der Waals surface area (Å²) in [5, 5.41) is 9.64. The van der Waals surface area contributed by atoms with Crippen LogP contribution in [0.25, 0.3) is 10.7 Å². The number of anilines is 2. The maximum Gasteiger partial charge on any atom is 0.141 e. The molecule has 0 bridgehead atoms. The lowest BCUT2D eigenvalue weighted by molar-refractivity contribution is 0.622. The molecule has 0 saturated heterocycles. The fourth-order valence-corrected chi connectivity index (χ4v) is 3.77. The number of aromatic nitrogens is 3. The molecule has 0 aliphatic carbocycles. The van der Waals surface area contributed by atoms with Crippen molar-refractivity contribution in [3.63, 3.8) is 0 Å². The molecule has 0 saturated carbocycles. The summed E-state index contributed by atoms with van der Waals surface area (Å²) in [5.74, 6) is 1.55. The van der Waals surface area contributed by atoms with Gasteiger partial charge in [0.25, 0.3) is 0 Å². The van der Waals surface area contributed by atoms with Gasteiger partial charge in [0.1, 0.15) is 22.3 Å². The van der Waals surface area contributed by atoms with Gasteiger partial charge in [0.15, 0.2) is 0 Å². The van der Waals surface area contributed by atoms with Crippen LogP contribution in [-0.2, 0) is 13.0 Å². The topological polar surface area (TPSA) is 62.7 Å². The zero-order chi connectivity index (χ0) is 20.4. The van der Waals surface area contributed by atoms with E-state index in [4.69, 9.17) is 0 Å². The van der Waals surface area contributed by atoms with E-state index in [2.05, 4.69) is 62.0 Å². The maximum absolute atomic E-state index is 4.62. The number of thiazole rings is 1. The van der Waals surface area contributed by atoms with E-state index in [0.717, 1.165) is 41.8 Å². The lowest BCUT2D eigenvalue weighted by Gasteiger charge is -2.08. The molecule has 3 aromatic heterocycles. The molecular weight excluding hydrogens is 390 g/mol. The van der Waals surface area contributed by atoms with Crippen LogP contribution in [0.15, 0.2) is 78.4 Å². The second kappa shape index (κ2) is 10.6. The molecular formula is C24H25N5S. The monoisotopic (exact) mass is 415 g/mol. The number of nitrogens with zero attached hydrogens (tertiary/aromatic N) is 3. The lowest BCUT2D eigenvalue weighted by Crippen LogP contribution is -2.15. The van der Waals surface area contributed by atoms with Crippen molar-refractivity contribution in [2.24, 2.45) is 0 Å². The predicted octanol–water partition coefficient (Wildman–Crippen LogP) is 5.46. The van der Waals surface area contributed by atoms with Crippen LogP contribution in [0.5, 0.6) is 0 Å². The van der Waals surface area contributed by atoms with E-state index in [1.165, 1.54) is 24.0 Å². The number of hydrogen-bond donors (Lipinski definition) is 2. The highest BCUT2D eigenvalue weighted by Gasteiger charge is 2.04. The van der Waals surface area contributed by atoms with Crippen molar-refractivity contribution in [1.82, 2.24) is 20.3 Å². The first-order valence-electron chi connectivity index (χ1n) is 10.2. The lowest BCUT2D eigenvalue weighted by atomic mass is 10.1. The molecule has 0 unspecified atom stereocenters. The number of rotatable bonds is 10. The van der Waals surface area contributed by atoms with Gasteiger partial charge in [-0.3, -0.25) is 0 Å². The number of pyridine rings is 2. The van der Waals surface area contributed by atoms with Gasteiger partial charge < -0.3 is 10.6 Å². The standard InChI is InChI=1S/C24H25N5S/c1-2-7-19(8-3-1)9-4-5-14-25-17-20-12-13-22(27-18-20)29-23-11-6-10-21(28-23)24-26-15-16-30-24/h1-3,6-8,10-13,15-16,18,25H,4-5,9,14,17H2,(H,27,28,29). The van der Waals surface area contributed by atoms with E-state index in [9.17, 15) is 0 Å². The summed E-state index contributed by atoms with van der Waals surface area (Å²) in [5.41, 5.74) is 3.45. The SMILES string of the molecule is c1ccc(CCCCNCc2ccc(Nc3cccc(-c4nccs4)n3)nc2)cc1. The molecule has 6 heteroatoms. The van der Waals surface area contributed by atoms with Crippen molar-refractivity contribution in [1.29, 1.82) is 0 Å². The zero-order valence-corrected chi connectivity index (χ0v) is 17.6. The first-order chi connectivity index (χ1) is 14.9. The summed E-state index contributed by atoms with van der Waals surface area (Å²) in [6, 6.07) is 20.6. The summed E-state index contributed by atoms with van der Waals surface area (Å²) in [7, 11) is 0. The van der Waals surface area contributed by atoms with Gasteiger partial charge >= 0.3 is 0 Å². The largest absolute Gasteiger partial charge is 0.325 e. The van der Waals surface area contributed by atoms with Crippen molar-refractivity contribution in [2.45, 2.75) is 25.8 Å². The highest BCUT2D eigenvalue weighted by Crippen LogP contribution is 2.22. The van der Waals surface area contributed by atoms with Gasteiger partial charge in [-0.25, -0.2) is 15.0 Å². The fourth-order valence-electron chi connectivity index (χ4n) is 3.16. The summed E-state index contributed by atoms with van der Waals surface area (Å²) in [4.78, 5) is 13.4. The van der Waals surface area contributed by atoms with E-state index in [1.54, 1.807) is 17.5 Å². The van der Waals surface area contributed by atoms with Gasteiger partial charge in [-0.2, -0.15) is 0 Å². The second-order valence-electron chi connectivity index (χ2n) is 7.04. The molecule has 2 N–H and O–H groups in total. The molecule has 30 heavy (non-hydrogen) atoms. The Labute approximate surface area is 181 Å². The molecule has 3 heterocycles. The Morgan fingerprint density at radius 3 is 2.53 bits per heavy atom. The molecule has 0 amide bonds. The van der Waals surface area contributed by atoms with Crippen LogP contribution in [0.4, 0.5) is 11.6 Å². The number of benzene rings is 1. The molecule has 0 atom stereocenters. The third-order valence-electron chi connectivity index (χ3n) is 4.72. The Bertz CT molecular complexity index is 1020. The van der Waals surface area contributed by atoms with Crippen molar-refractivity contribution < 1.29 is 0 Å².